The number of nitrogens with one attached hydrogen (secondary N) is 1. The summed E-state index contributed by atoms with van der Waals surface area (Å²) in [5.74, 6) is -0.0791. The monoisotopic (exact) mass is 266 g/mol. The van der Waals surface area contributed by atoms with Gasteiger partial charge in [-0.15, -0.1) is 0 Å². The average molecular weight is 266 g/mol. The summed E-state index contributed by atoms with van der Waals surface area (Å²) in [5, 5.41) is 2.51. The maximum Gasteiger partial charge on any atom is 0.325 e. The molecule has 106 valence electrons. The summed E-state index contributed by atoms with van der Waals surface area (Å²) in [7, 11) is 0. The van der Waals surface area contributed by atoms with Crippen molar-refractivity contribution in [3.63, 3.8) is 0 Å². The van der Waals surface area contributed by atoms with Crippen molar-refractivity contribution in [1.82, 2.24) is 10.2 Å². The Hall–Kier alpha value is -1.10. The highest BCUT2D eigenvalue weighted by molar-refractivity contribution is 6.07. The molecule has 3 aliphatic rings. The van der Waals surface area contributed by atoms with Crippen LogP contribution in [0.3, 0.4) is 0 Å². The van der Waals surface area contributed by atoms with Gasteiger partial charge in [0.1, 0.15) is 5.54 Å². The van der Waals surface area contributed by atoms with E-state index in [2.05, 4.69) is 5.32 Å². The van der Waals surface area contributed by atoms with Gasteiger partial charge < -0.3 is 9.64 Å². The third-order valence-electron chi connectivity index (χ3n) is 4.78. The fraction of sp³-hybridized carbons (Fsp3) is 0.857. The summed E-state index contributed by atoms with van der Waals surface area (Å²) >= 11 is 0. The second-order valence-electron chi connectivity index (χ2n) is 5.93. The van der Waals surface area contributed by atoms with Crippen molar-refractivity contribution in [3.05, 3.63) is 0 Å². The van der Waals surface area contributed by atoms with Crippen LogP contribution in [0.4, 0.5) is 4.79 Å². The van der Waals surface area contributed by atoms with Crippen molar-refractivity contribution in [2.24, 2.45) is 0 Å². The van der Waals surface area contributed by atoms with Gasteiger partial charge in [0.25, 0.3) is 5.91 Å². The number of nitrogens with zero attached hydrogens (tertiary/aromatic N) is 1. The van der Waals surface area contributed by atoms with Crippen molar-refractivity contribution in [1.29, 1.82) is 0 Å². The van der Waals surface area contributed by atoms with Gasteiger partial charge >= 0.3 is 6.03 Å². The predicted octanol–water partition coefficient (Wildman–Crippen LogP) is 1.81. The molecule has 1 spiro atoms. The molecule has 0 bridgehead atoms. The van der Waals surface area contributed by atoms with E-state index in [4.69, 9.17) is 4.74 Å². The fourth-order valence-corrected chi connectivity index (χ4v) is 3.69. The fourth-order valence-electron chi connectivity index (χ4n) is 3.69. The van der Waals surface area contributed by atoms with Crippen molar-refractivity contribution < 1.29 is 14.3 Å². The lowest BCUT2D eigenvalue weighted by Crippen LogP contribution is -2.51. The van der Waals surface area contributed by atoms with Gasteiger partial charge in [-0.25, -0.2) is 4.79 Å². The highest BCUT2D eigenvalue weighted by Crippen LogP contribution is 2.37. The molecule has 1 atom stereocenters. The predicted molar refractivity (Wildman–Crippen MR) is 69.7 cm³/mol. The Balaban J connectivity index is 1.69. The molecule has 0 aromatic heterocycles. The Kier molecular flexibility index (Phi) is 3.48. The Morgan fingerprint density at radius 3 is 2.68 bits per heavy atom. The lowest BCUT2D eigenvalue weighted by Gasteiger charge is -2.38. The van der Waals surface area contributed by atoms with Gasteiger partial charge in [0.2, 0.25) is 0 Å². The highest BCUT2D eigenvalue weighted by atomic mass is 16.5. The highest BCUT2D eigenvalue weighted by Gasteiger charge is 2.52. The van der Waals surface area contributed by atoms with Crippen LogP contribution in [-0.2, 0) is 9.53 Å². The molecule has 1 saturated carbocycles. The van der Waals surface area contributed by atoms with E-state index in [0.29, 0.717) is 6.54 Å². The number of carbonyl (C=O) groups is 2. The second kappa shape index (κ2) is 5.12. The molecule has 0 aromatic carbocycles. The Morgan fingerprint density at radius 1 is 1.21 bits per heavy atom. The molecular weight excluding hydrogens is 244 g/mol. The van der Waals surface area contributed by atoms with Crippen LogP contribution in [-0.4, -0.2) is 41.6 Å². The Labute approximate surface area is 113 Å². The first kappa shape index (κ1) is 12.9. The number of hydrogen-bond donors (Lipinski definition) is 1. The molecule has 3 rings (SSSR count). The topological polar surface area (TPSA) is 58.6 Å². The molecule has 5 nitrogen and oxygen atoms in total. The molecule has 0 aromatic rings. The van der Waals surface area contributed by atoms with Crippen LogP contribution < -0.4 is 5.32 Å². The summed E-state index contributed by atoms with van der Waals surface area (Å²) < 4.78 is 5.61. The van der Waals surface area contributed by atoms with Crippen molar-refractivity contribution in [3.8, 4) is 0 Å². The first-order valence-corrected chi connectivity index (χ1v) is 7.47. The minimum atomic E-state index is -0.548. The van der Waals surface area contributed by atoms with Crippen LogP contribution in [0, 0.1) is 0 Å². The Bertz CT molecular complexity index is 371. The van der Waals surface area contributed by atoms with Crippen LogP contribution >= 0.6 is 0 Å². The Morgan fingerprint density at radius 2 is 2.00 bits per heavy atom. The van der Waals surface area contributed by atoms with Gasteiger partial charge in [-0.2, -0.15) is 0 Å². The van der Waals surface area contributed by atoms with Crippen LogP contribution in [0.15, 0.2) is 0 Å². The maximum atomic E-state index is 12.2. The lowest BCUT2D eigenvalue weighted by molar-refractivity contribution is -0.128. The molecule has 5 heteroatoms. The average Bonchev–Trinajstić information content (AvgIpc) is 2.99. The van der Waals surface area contributed by atoms with Gasteiger partial charge in [-0.05, 0) is 32.1 Å². The van der Waals surface area contributed by atoms with Crippen molar-refractivity contribution in [2.75, 3.05) is 13.2 Å². The summed E-state index contributed by atoms with van der Waals surface area (Å²) in [6, 6.07) is -0.204. The molecule has 2 heterocycles. The van der Waals surface area contributed by atoms with Gasteiger partial charge in [0.05, 0.1) is 6.10 Å². The summed E-state index contributed by atoms with van der Waals surface area (Å²) in [4.78, 5) is 26.0. The molecule has 1 unspecified atom stereocenters. The first-order chi connectivity index (χ1) is 9.22. The molecular formula is C14H22N2O3. The minimum absolute atomic E-state index is 0.0791. The first-order valence-electron chi connectivity index (χ1n) is 7.47. The molecule has 19 heavy (non-hydrogen) atoms. The van der Waals surface area contributed by atoms with Gasteiger partial charge in [0, 0.05) is 13.2 Å². The van der Waals surface area contributed by atoms with Crippen LogP contribution in [0.1, 0.15) is 51.4 Å². The number of urea groups is 1. The van der Waals surface area contributed by atoms with Gasteiger partial charge in [0.15, 0.2) is 0 Å². The standard InChI is InChI=1S/C14H22N2O3/c17-12-14(7-2-1-3-8-14)16(13(18)15-12)9-6-11-5-4-10-19-11/h11H,1-10H2,(H,15,17,18). The molecule has 1 aliphatic carbocycles. The van der Waals surface area contributed by atoms with Crippen molar-refractivity contribution in [2.45, 2.75) is 63.0 Å². The zero-order chi connectivity index (χ0) is 13.3. The minimum Gasteiger partial charge on any atom is -0.378 e. The molecule has 0 radical (unpaired) electrons. The van der Waals surface area contributed by atoms with Gasteiger partial charge in [-0.1, -0.05) is 19.3 Å². The number of imide groups is 1. The number of hydrogen-bond acceptors (Lipinski definition) is 3. The third kappa shape index (κ3) is 2.24. The van der Waals surface area contributed by atoms with Crippen LogP contribution in [0.5, 0.6) is 0 Å². The number of rotatable bonds is 3. The van der Waals surface area contributed by atoms with E-state index < -0.39 is 5.54 Å². The quantitative estimate of drug-likeness (QED) is 0.793. The molecule has 2 aliphatic heterocycles. The van der Waals surface area contributed by atoms with E-state index in [-0.39, 0.29) is 18.0 Å². The van der Waals surface area contributed by atoms with Crippen LogP contribution in [0.25, 0.3) is 0 Å². The molecule has 3 amide bonds. The smallest absolute Gasteiger partial charge is 0.325 e. The molecule has 1 N–H and O–H groups in total. The van der Waals surface area contributed by atoms with E-state index in [0.717, 1.165) is 51.6 Å². The van der Waals surface area contributed by atoms with Crippen molar-refractivity contribution >= 4 is 11.9 Å². The summed E-state index contributed by atoms with van der Waals surface area (Å²) in [5.41, 5.74) is -0.548. The van der Waals surface area contributed by atoms with E-state index in [1.165, 1.54) is 6.42 Å². The largest absolute Gasteiger partial charge is 0.378 e. The number of carbonyl (C=O) groups excluding carboxylic acids is 2. The maximum absolute atomic E-state index is 12.2. The normalized spacial score (nSPS) is 30.1. The van der Waals surface area contributed by atoms with E-state index in [1.54, 1.807) is 4.90 Å². The SMILES string of the molecule is O=C1NC(=O)C2(CCCCC2)N1CCC1CCCO1. The number of amides is 3. The second-order valence-corrected chi connectivity index (χ2v) is 5.93. The number of ether oxygens (including phenoxy) is 1. The van der Waals surface area contributed by atoms with Crippen LogP contribution in [0.2, 0.25) is 0 Å². The van der Waals surface area contributed by atoms with Gasteiger partial charge in [-0.3, -0.25) is 10.1 Å². The lowest BCUT2D eigenvalue weighted by atomic mass is 9.80. The molecule has 3 fully saturated rings. The molecule has 2 saturated heterocycles. The van der Waals surface area contributed by atoms with E-state index in [9.17, 15) is 9.59 Å². The summed E-state index contributed by atoms with van der Waals surface area (Å²) in [6.07, 6.45) is 8.19. The summed E-state index contributed by atoms with van der Waals surface area (Å²) in [6.45, 7) is 1.48. The van der Waals surface area contributed by atoms with E-state index in [1.807, 2.05) is 0 Å². The van der Waals surface area contributed by atoms with E-state index >= 15 is 0 Å². The third-order valence-corrected chi connectivity index (χ3v) is 4.78. The zero-order valence-electron chi connectivity index (χ0n) is 11.3. The zero-order valence-corrected chi connectivity index (χ0v) is 11.3.